The van der Waals surface area contributed by atoms with Gasteiger partial charge in [0, 0.05) is 24.2 Å². The zero-order valence-corrected chi connectivity index (χ0v) is 28.0. The smallest absolute Gasteiger partial charge is 0.134 e. The summed E-state index contributed by atoms with van der Waals surface area (Å²) >= 11 is 0. The third-order valence-corrected chi connectivity index (χ3v) is 12.6. The van der Waals surface area contributed by atoms with Gasteiger partial charge in [-0.3, -0.25) is 4.79 Å². The van der Waals surface area contributed by atoms with Crippen molar-refractivity contribution in [3.05, 3.63) is 137 Å². The van der Waals surface area contributed by atoms with Gasteiger partial charge in [0.2, 0.25) is 0 Å². The molecule has 5 aromatic carbocycles. The van der Waals surface area contributed by atoms with E-state index in [1.165, 1.54) is 60.9 Å². The molecule has 0 spiro atoms. The van der Waals surface area contributed by atoms with Crippen molar-refractivity contribution < 1.29 is 14.3 Å². The Balaban J connectivity index is 1.71. The Hall–Kier alpha value is -4.20. The maximum Gasteiger partial charge on any atom is 0.134 e. The molecule has 0 radical (unpaired) electrons. The van der Waals surface area contributed by atoms with Crippen LogP contribution in [0.3, 0.4) is 0 Å². The van der Waals surface area contributed by atoms with Crippen LogP contribution in [0.15, 0.2) is 103 Å². The van der Waals surface area contributed by atoms with Gasteiger partial charge in [0.05, 0.1) is 14.2 Å². The van der Waals surface area contributed by atoms with E-state index in [9.17, 15) is 4.79 Å². The number of aryl methyl sites for hydroxylation is 4. The van der Waals surface area contributed by atoms with Crippen LogP contribution in [0.2, 0.25) is 0 Å². The second-order valence-electron chi connectivity index (χ2n) is 12.2. The van der Waals surface area contributed by atoms with Crippen LogP contribution in [0.5, 0.6) is 11.5 Å². The summed E-state index contributed by atoms with van der Waals surface area (Å²) in [6, 6.07) is 36.8. The van der Waals surface area contributed by atoms with E-state index in [1.54, 1.807) is 14.2 Å². The minimum absolute atomic E-state index is 0.0489. The number of hydrogen-bond donors (Lipinski definition) is 0. The highest BCUT2D eigenvalue weighted by Gasteiger charge is 2.42. The molecule has 0 aliphatic carbocycles. The summed E-state index contributed by atoms with van der Waals surface area (Å²) in [5, 5.41) is 1.39. The summed E-state index contributed by atoms with van der Waals surface area (Å²) in [7, 11) is 2.45. The predicted molar refractivity (Wildman–Crippen MR) is 189 cm³/mol. The van der Waals surface area contributed by atoms with Crippen molar-refractivity contribution in [1.29, 1.82) is 0 Å². The third kappa shape index (κ3) is 5.95. The molecule has 1 aliphatic rings. The van der Waals surface area contributed by atoms with E-state index in [4.69, 9.17) is 9.47 Å². The highest BCUT2D eigenvalue weighted by molar-refractivity contribution is 7.67. The summed E-state index contributed by atoms with van der Waals surface area (Å²) in [5.41, 5.74) is 12.7. The van der Waals surface area contributed by atoms with Crippen molar-refractivity contribution in [2.24, 2.45) is 0 Å². The summed E-state index contributed by atoms with van der Waals surface area (Å²) in [6.07, 6.45) is 1.05. The van der Waals surface area contributed by atoms with Gasteiger partial charge in [0.15, 0.2) is 0 Å². The Bertz CT molecular complexity index is 1670. The second-order valence-corrected chi connectivity index (χ2v) is 14.7. The molecule has 1 fully saturated rings. The van der Waals surface area contributed by atoms with Gasteiger partial charge < -0.3 is 9.47 Å². The van der Waals surface area contributed by atoms with E-state index in [-0.39, 0.29) is 11.3 Å². The van der Waals surface area contributed by atoms with Crippen molar-refractivity contribution in [1.82, 2.24) is 0 Å². The lowest BCUT2D eigenvalue weighted by Crippen LogP contribution is -2.26. The maximum atomic E-state index is 13.7. The molecule has 228 valence electrons. The van der Waals surface area contributed by atoms with Gasteiger partial charge >= 0.3 is 0 Å². The number of Topliss-reactive ketones (excluding diaryl/α,β-unsaturated/α-hetero) is 1. The third-order valence-electron chi connectivity index (χ3n) is 9.31. The van der Waals surface area contributed by atoms with E-state index in [0.29, 0.717) is 18.6 Å². The molecule has 0 amide bonds. The number of ketones is 1. The lowest BCUT2D eigenvalue weighted by molar-refractivity contribution is -0.119. The van der Waals surface area contributed by atoms with Crippen molar-refractivity contribution in [3.8, 4) is 33.8 Å². The molecular weight excluding hydrogens is 571 g/mol. The molecule has 2 unspecified atom stereocenters. The standard InChI is InChI=1S/C41H41O3P/c1-26-10-7-11-27(2)39(26)35-14-9-15-36(40-28(3)12-8-13-29(40)4)41(35)45-37(30-16-20-33(43-5)21-17-30)24-32(42)25-38(45)31-18-22-34(44-6)23-19-31/h7-23,37-38H,24-25H2,1-6H3. The maximum absolute atomic E-state index is 13.7. The lowest BCUT2D eigenvalue weighted by atomic mass is 9.90. The Kier molecular flexibility index (Phi) is 8.92. The molecule has 1 saturated heterocycles. The van der Waals surface area contributed by atoms with Crippen LogP contribution < -0.4 is 14.8 Å². The topological polar surface area (TPSA) is 35.5 Å². The van der Waals surface area contributed by atoms with Gasteiger partial charge in [0.1, 0.15) is 17.3 Å². The number of hydrogen-bond acceptors (Lipinski definition) is 3. The van der Waals surface area contributed by atoms with Crippen molar-refractivity contribution in [3.63, 3.8) is 0 Å². The zero-order valence-electron chi connectivity index (χ0n) is 27.1. The van der Waals surface area contributed by atoms with Gasteiger partial charge in [0.25, 0.3) is 0 Å². The van der Waals surface area contributed by atoms with E-state index in [0.717, 1.165) is 11.5 Å². The summed E-state index contributed by atoms with van der Waals surface area (Å²) in [4.78, 5) is 13.7. The molecule has 5 aromatic rings. The van der Waals surface area contributed by atoms with Crippen molar-refractivity contribution in [2.45, 2.75) is 51.9 Å². The molecular formula is C41H41O3P. The first-order valence-electron chi connectivity index (χ1n) is 15.6. The van der Waals surface area contributed by atoms with Gasteiger partial charge in [-0.05, 0) is 113 Å². The summed E-state index contributed by atoms with van der Waals surface area (Å²) < 4.78 is 11.1. The van der Waals surface area contributed by atoms with Gasteiger partial charge in [-0.25, -0.2) is 0 Å². The van der Waals surface area contributed by atoms with E-state index in [1.807, 2.05) is 24.3 Å². The SMILES string of the molecule is COc1ccc(C2CC(=O)CC(c3ccc(OC)cc3)P2c2c(-c3c(C)cccc3C)cccc2-c2c(C)cccc2C)cc1. The highest BCUT2D eigenvalue weighted by atomic mass is 31.1. The molecule has 3 nitrogen and oxygen atoms in total. The zero-order chi connectivity index (χ0) is 31.7. The average Bonchev–Trinajstić information content (AvgIpc) is 3.05. The Morgan fingerprint density at radius 1 is 0.533 bits per heavy atom. The molecule has 0 bridgehead atoms. The predicted octanol–water partition coefficient (Wildman–Crippen LogP) is 10.2. The van der Waals surface area contributed by atoms with E-state index < -0.39 is 7.92 Å². The molecule has 2 atom stereocenters. The minimum atomic E-state index is -0.942. The van der Waals surface area contributed by atoms with Crippen LogP contribution >= 0.6 is 7.92 Å². The normalized spacial score (nSPS) is 18.1. The molecule has 0 saturated carbocycles. The molecule has 45 heavy (non-hydrogen) atoms. The van der Waals surface area contributed by atoms with Crippen molar-refractivity contribution in [2.75, 3.05) is 14.2 Å². The molecule has 1 aliphatic heterocycles. The lowest BCUT2D eigenvalue weighted by Gasteiger charge is -2.41. The molecule has 0 aromatic heterocycles. The fraction of sp³-hybridized carbons (Fsp3) is 0.244. The fourth-order valence-electron chi connectivity index (χ4n) is 7.15. The first kappa shape index (κ1) is 30.8. The Morgan fingerprint density at radius 3 is 1.24 bits per heavy atom. The second kappa shape index (κ2) is 13.0. The number of rotatable bonds is 7. The van der Waals surface area contributed by atoms with E-state index in [2.05, 4.69) is 107 Å². The van der Waals surface area contributed by atoms with Gasteiger partial charge in [-0.2, -0.15) is 0 Å². The monoisotopic (exact) mass is 612 g/mol. The largest absolute Gasteiger partial charge is 0.497 e. The number of benzene rings is 5. The molecule has 0 N–H and O–H groups in total. The fourth-order valence-corrected chi connectivity index (χ4v) is 10.9. The summed E-state index contributed by atoms with van der Waals surface area (Å²) in [5.74, 6) is 1.96. The quantitative estimate of drug-likeness (QED) is 0.172. The molecule has 4 heteroatoms. The minimum Gasteiger partial charge on any atom is -0.497 e. The average molecular weight is 613 g/mol. The Morgan fingerprint density at radius 2 is 0.889 bits per heavy atom. The van der Waals surface area contributed by atoms with Crippen molar-refractivity contribution >= 4 is 19.0 Å². The molecule has 1 heterocycles. The number of ether oxygens (including phenoxy) is 2. The number of methoxy groups -OCH3 is 2. The Labute approximate surface area is 269 Å². The van der Waals surface area contributed by atoms with Crippen LogP contribution in [0, 0.1) is 27.7 Å². The first-order chi connectivity index (χ1) is 21.8. The van der Waals surface area contributed by atoms with Crippen LogP contribution in [-0.4, -0.2) is 20.0 Å². The van der Waals surface area contributed by atoms with Gasteiger partial charge in [-0.15, -0.1) is 0 Å². The molecule has 6 rings (SSSR count). The van der Waals surface area contributed by atoms with Crippen LogP contribution in [0.4, 0.5) is 0 Å². The van der Waals surface area contributed by atoms with Crippen LogP contribution in [-0.2, 0) is 4.79 Å². The van der Waals surface area contributed by atoms with Crippen LogP contribution in [0.1, 0.15) is 57.5 Å². The van der Waals surface area contributed by atoms with Crippen LogP contribution in [0.25, 0.3) is 22.3 Å². The first-order valence-corrected chi connectivity index (χ1v) is 17.1. The van der Waals surface area contributed by atoms with E-state index >= 15 is 0 Å². The summed E-state index contributed by atoms with van der Waals surface area (Å²) in [6.45, 7) is 8.88. The van der Waals surface area contributed by atoms with Gasteiger partial charge in [-0.1, -0.05) is 86.8 Å². The highest BCUT2D eigenvalue weighted by Crippen LogP contribution is 2.68. The number of carbonyl (C=O) groups excluding carboxylic acids is 1. The number of carbonyl (C=O) groups is 1.